The minimum absolute atomic E-state index is 1.09. The molecular formula is C13H22. The molecule has 0 saturated carbocycles. The van der Waals surface area contributed by atoms with E-state index < -0.39 is 0 Å². The van der Waals surface area contributed by atoms with E-state index >= 15 is 0 Å². The van der Waals surface area contributed by atoms with Gasteiger partial charge in [0.1, 0.15) is 0 Å². The standard InChI is InChI=1S/C9H14.C4H8/c1-5-9(4)7-6-8(2)3;1-4(2)3/h5-7H,2H2,1,3-4H3;1H2,2-3H3/b7-6-,9-5-;. The zero-order valence-electron chi connectivity index (χ0n) is 9.65. The van der Waals surface area contributed by atoms with Crippen LogP contribution in [0.15, 0.2) is 48.1 Å². The minimum Gasteiger partial charge on any atom is -0.100 e. The van der Waals surface area contributed by atoms with Gasteiger partial charge in [0.05, 0.1) is 0 Å². The van der Waals surface area contributed by atoms with Gasteiger partial charge in [0, 0.05) is 0 Å². The van der Waals surface area contributed by atoms with Crippen LogP contribution >= 0.6 is 0 Å². The van der Waals surface area contributed by atoms with E-state index in [1.54, 1.807) is 0 Å². The lowest BCUT2D eigenvalue weighted by Gasteiger charge is -1.86. The quantitative estimate of drug-likeness (QED) is 0.426. The van der Waals surface area contributed by atoms with Gasteiger partial charge >= 0.3 is 0 Å². The third-order valence-electron chi connectivity index (χ3n) is 1.09. The third kappa shape index (κ3) is 24.8. The van der Waals surface area contributed by atoms with Crippen molar-refractivity contribution < 1.29 is 0 Å². The number of hydrogen-bond acceptors (Lipinski definition) is 0. The molecule has 74 valence electrons. The van der Waals surface area contributed by atoms with Gasteiger partial charge in [-0.3, -0.25) is 0 Å². The summed E-state index contributed by atoms with van der Waals surface area (Å²) in [5.74, 6) is 0. The van der Waals surface area contributed by atoms with Crippen molar-refractivity contribution in [1.29, 1.82) is 0 Å². The van der Waals surface area contributed by atoms with Crippen LogP contribution in [0.2, 0.25) is 0 Å². The van der Waals surface area contributed by atoms with E-state index in [9.17, 15) is 0 Å². The highest BCUT2D eigenvalue weighted by Gasteiger charge is 1.75. The summed E-state index contributed by atoms with van der Waals surface area (Å²) < 4.78 is 0. The zero-order chi connectivity index (χ0) is 10.9. The lowest BCUT2D eigenvalue weighted by molar-refractivity contribution is 1.42. The Morgan fingerprint density at radius 1 is 0.923 bits per heavy atom. The Morgan fingerprint density at radius 2 is 1.31 bits per heavy atom. The van der Waals surface area contributed by atoms with Gasteiger partial charge in [0.2, 0.25) is 0 Å². The molecule has 0 aliphatic heterocycles. The fourth-order valence-electron chi connectivity index (χ4n) is 0.370. The van der Waals surface area contributed by atoms with Crippen LogP contribution in [0.4, 0.5) is 0 Å². The third-order valence-corrected chi connectivity index (χ3v) is 1.09. The van der Waals surface area contributed by atoms with Gasteiger partial charge in [-0.15, -0.1) is 6.58 Å². The largest absolute Gasteiger partial charge is 0.100 e. The van der Waals surface area contributed by atoms with Crippen molar-refractivity contribution in [2.24, 2.45) is 0 Å². The lowest BCUT2D eigenvalue weighted by Crippen LogP contribution is -1.65. The van der Waals surface area contributed by atoms with Crippen LogP contribution in [0, 0.1) is 0 Å². The summed E-state index contributed by atoms with van der Waals surface area (Å²) in [7, 11) is 0. The molecule has 0 aliphatic rings. The topological polar surface area (TPSA) is 0 Å². The van der Waals surface area contributed by atoms with Crippen molar-refractivity contribution in [2.75, 3.05) is 0 Å². The molecular weight excluding hydrogens is 156 g/mol. The first-order valence-electron chi connectivity index (χ1n) is 4.48. The van der Waals surface area contributed by atoms with Gasteiger partial charge in [-0.05, 0) is 34.6 Å². The van der Waals surface area contributed by atoms with E-state index in [1.807, 2.05) is 33.8 Å². The van der Waals surface area contributed by atoms with Crippen LogP contribution in [0.3, 0.4) is 0 Å². The Morgan fingerprint density at radius 3 is 1.54 bits per heavy atom. The molecule has 13 heavy (non-hydrogen) atoms. The van der Waals surface area contributed by atoms with E-state index in [0.29, 0.717) is 0 Å². The van der Waals surface area contributed by atoms with Crippen LogP contribution in [-0.2, 0) is 0 Å². The predicted molar refractivity (Wildman–Crippen MR) is 63.9 cm³/mol. The summed E-state index contributed by atoms with van der Waals surface area (Å²) in [5, 5.41) is 0. The second-order valence-electron chi connectivity index (χ2n) is 3.42. The average Bonchev–Trinajstić information content (AvgIpc) is 1.99. The van der Waals surface area contributed by atoms with Gasteiger partial charge in [0.15, 0.2) is 0 Å². The maximum absolute atomic E-state index is 3.75. The highest BCUT2D eigenvalue weighted by Crippen LogP contribution is 1.97. The summed E-state index contributed by atoms with van der Waals surface area (Å²) in [6, 6.07) is 0. The number of hydrogen-bond donors (Lipinski definition) is 0. The normalized spacial score (nSPS) is 10.7. The first kappa shape index (κ1) is 14.5. The first-order chi connectivity index (χ1) is 5.90. The molecule has 0 unspecified atom stereocenters. The van der Waals surface area contributed by atoms with E-state index in [0.717, 1.165) is 5.57 Å². The lowest BCUT2D eigenvalue weighted by atomic mass is 10.2. The predicted octanol–water partition coefficient (Wildman–Crippen LogP) is 4.67. The SMILES string of the molecule is C=C(C)/C=C\C(C)=C/C.C=C(C)C. The molecule has 0 aromatic rings. The van der Waals surface area contributed by atoms with E-state index in [-0.39, 0.29) is 0 Å². The Hall–Kier alpha value is -1.04. The number of allylic oxidation sites excluding steroid dienone is 6. The van der Waals surface area contributed by atoms with Crippen LogP contribution < -0.4 is 0 Å². The second kappa shape index (κ2) is 9.05. The molecule has 0 aliphatic carbocycles. The van der Waals surface area contributed by atoms with E-state index in [2.05, 4.69) is 32.2 Å². The van der Waals surface area contributed by atoms with Crippen molar-refractivity contribution in [3.8, 4) is 0 Å². The van der Waals surface area contributed by atoms with Gasteiger partial charge in [-0.25, -0.2) is 0 Å². The number of rotatable bonds is 2. The Kier molecular flexibility index (Phi) is 10.1. The molecule has 0 aromatic carbocycles. The summed E-state index contributed by atoms with van der Waals surface area (Å²) in [6.45, 7) is 17.3. The van der Waals surface area contributed by atoms with Gasteiger partial charge in [0.25, 0.3) is 0 Å². The van der Waals surface area contributed by atoms with Crippen LogP contribution in [0.5, 0.6) is 0 Å². The molecule has 0 heteroatoms. The fraction of sp³-hybridized carbons (Fsp3) is 0.385. The summed E-state index contributed by atoms with van der Waals surface area (Å²) in [4.78, 5) is 0. The van der Waals surface area contributed by atoms with Crippen molar-refractivity contribution in [3.63, 3.8) is 0 Å². The monoisotopic (exact) mass is 178 g/mol. The zero-order valence-corrected chi connectivity index (χ0v) is 9.65. The molecule has 0 fully saturated rings. The van der Waals surface area contributed by atoms with Gasteiger partial charge in [-0.1, -0.05) is 41.5 Å². The van der Waals surface area contributed by atoms with Crippen molar-refractivity contribution in [2.45, 2.75) is 34.6 Å². The second-order valence-corrected chi connectivity index (χ2v) is 3.42. The highest BCUT2D eigenvalue weighted by molar-refractivity contribution is 5.22. The molecule has 0 bridgehead atoms. The molecule has 0 aromatic heterocycles. The molecule has 0 amide bonds. The molecule has 0 nitrogen and oxygen atoms in total. The summed E-state index contributed by atoms with van der Waals surface area (Å²) in [6.07, 6.45) is 6.14. The first-order valence-corrected chi connectivity index (χ1v) is 4.48. The minimum atomic E-state index is 1.09. The maximum atomic E-state index is 3.75. The molecule has 0 atom stereocenters. The summed E-state index contributed by atoms with van der Waals surface area (Å²) >= 11 is 0. The molecule has 0 radical (unpaired) electrons. The molecule has 0 saturated heterocycles. The van der Waals surface area contributed by atoms with E-state index in [1.165, 1.54) is 11.1 Å². The van der Waals surface area contributed by atoms with E-state index in [4.69, 9.17) is 0 Å². The molecule has 0 spiro atoms. The Bertz CT molecular complexity index is 210. The van der Waals surface area contributed by atoms with Crippen LogP contribution in [0.25, 0.3) is 0 Å². The molecule has 0 heterocycles. The van der Waals surface area contributed by atoms with Crippen LogP contribution in [-0.4, -0.2) is 0 Å². The Labute approximate surface area is 83.4 Å². The Balaban J connectivity index is 0. The fourth-order valence-corrected chi connectivity index (χ4v) is 0.370. The van der Waals surface area contributed by atoms with Crippen molar-refractivity contribution in [1.82, 2.24) is 0 Å². The highest BCUT2D eigenvalue weighted by atomic mass is 13.8. The van der Waals surface area contributed by atoms with Gasteiger partial charge < -0.3 is 0 Å². The van der Waals surface area contributed by atoms with Crippen molar-refractivity contribution in [3.05, 3.63) is 48.1 Å². The van der Waals surface area contributed by atoms with Crippen LogP contribution in [0.1, 0.15) is 34.6 Å². The summed E-state index contributed by atoms with van der Waals surface area (Å²) in [5.41, 5.74) is 3.54. The maximum Gasteiger partial charge on any atom is -0.0401 e. The smallest absolute Gasteiger partial charge is 0.0401 e. The average molecular weight is 178 g/mol. The molecule has 0 N–H and O–H groups in total. The van der Waals surface area contributed by atoms with Crippen molar-refractivity contribution >= 4 is 0 Å². The van der Waals surface area contributed by atoms with Gasteiger partial charge in [-0.2, -0.15) is 0 Å². The molecule has 0 rings (SSSR count).